The molecule has 2 rings (SSSR count). The first-order valence-electron chi connectivity index (χ1n) is 4.14. The van der Waals surface area contributed by atoms with Gasteiger partial charge in [-0.3, -0.25) is 0 Å². The zero-order valence-corrected chi connectivity index (χ0v) is 7.08. The van der Waals surface area contributed by atoms with Crippen LogP contribution in [0.1, 0.15) is 18.4 Å². The molecule has 1 fully saturated rings. The molecule has 0 bridgehead atoms. The summed E-state index contributed by atoms with van der Waals surface area (Å²) < 4.78 is 5.62. The highest BCUT2D eigenvalue weighted by molar-refractivity contribution is 5.41. The summed E-state index contributed by atoms with van der Waals surface area (Å²) in [4.78, 5) is 3.96. The molecule has 0 spiro atoms. The molecule has 0 unspecified atom stereocenters. The number of nitrogens with two attached hydrogens (primary N) is 1. The van der Waals surface area contributed by atoms with E-state index in [2.05, 4.69) is 4.98 Å². The molecular weight excluding hydrogens is 152 g/mol. The Hall–Kier alpha value is -1.25. The van der Waals surface area contributed by atoms with Crippen LogP contribution in [0.2, 0.25) is 0 Å². The van der Waals surface area contributed by atoms with E-state index in [-0.39, 0.29) is 0 Å². The highest BCUT2D eigenvalue weighted by Crippen LogP contribution is 2.29. The summed E-state index contributed by atoms with van der Waals surface area (Å²) in [6.45, 7) is 1.98. The number of ether oxygens (including phenoxy) is 1. The van der Waals surface area contributed by atoms with Crippen molar-refractivity contribution in [3.63, 3.8) is 0 Å². The molecule has 64 valence electrons. The maximum absolute atomic E-state index is 5.62. The third kappa shape index (κ3) is 1.49. The summed E-state index contributed by atoms with van der Waals surface area (Å²) >= 11 is 0. The highest BCUT2D eigenvalue weighted by atomic mass is 16.5. The largest absolute Gasteiger partial charge is 0.490 e. The monoisotopic (exact) mass is 164 g/mol. The Balaban J connectivity index is 2.21. The number of hydrogen-bond donors (Lipinski definition) is 1. The van der Waals surface area contributed by atoms with Gasteiger partial charge in [-0.05, 0) is 19.8 Å². The molecule has 0 aliphatic heterocycles. The van der Waals surface area contributed by atoms with E-state index in [0.717, 1.165) is 11.3 Å². The molecule has 0 aromatic carbocycles. The smallest absolute Gasteiger partial charge is 0.127 e. The van der Waals surface area contributed by atoms with Crippen molar-refractivity contribution >= 4 is 5.82 Å². The molecule has 1 aromatic rings. The lowest BCUT2D eigenvalue weighted by atomic mass is 10.3. The number of hydrogen-bond acceptors (Lipinski definition) is 3. The van der Waals surface area contributed by atoms with Crippen LogP contribution in [0, 0.1) is 6.92 Å². The van der Waals surface area contributed by atoms with Crippen LogP contribution in [0.5, 0.6) is 5.75 Å². The van der Waals surface area contributed by atoms with Crippen LogP contribution >= 0.6 is 0 Å². The molecule has 1 aliphatic carbocycles. The standard InChI is InChI=1S/C9H12N2O/c1-6-5-11-9(10)4-8(6)12-7-2-3-7/h4-5,7H,2-3H2,1H3,(H2,10,11). The number of pyridine rings is 1. The van der Waals surface area contributed by atoms with Crippen molar-refractivity contribution in [2.75, 3.05) is 5.73 Å². The van der Waals surface area contributed by atoms with Crippen molar-refractivity contribution in [2.24, 2.45) is 0 Å². The van der Waals surface area contributed by atoms with Crippen molar-refractivity contribution < 1.29 is 4.74 Å². The fourth-order valence-electron chi connectivity index (χ4n) is 1.01. The van der Waals surface area contributed by atoms with E-state index >= 15 is 0 Å². The van der Waals surface area contributed by atoms with Crippen molar-refractivity contribution in [1.82, 2.24) is 4.98 Å². The van der Waals surface area contributed by atoms with Gasteiger partial charge in [0.05, 0.1) is 6.10 Å². The lowest BCUT2D eigenvalue weighted by Gasteiger charge is -2.07. The summed E-state index contributed by atoms with van der Waals surface area (Å²) in [5, 5.41) is 0. The Kier molecular flexibility index (Phi) is 1.64. The van der Waals surface area contributed by atoms with Crippen LogP contribution in [0.25, 0.3) is 0 Å². The van der Waals surface area contributed by atoms with Gasteiger partial charge in [0.15, 0.2) is 0 Å². The SMILES string of the molecule is Cc1cnc(N)cc1OC1CC1. The maximum Gasteiger partial charge on any atom is 0.127 e. The van der Waals surface area contributed by atoms with Gasteiger partial charge in [0.2, 0.25) is 0 Å². The first-order valence-corrected chi connectivity index (χ1v) is 4.14. The van der Waals surface area contributed by atoms with Crippen LogP contribution in [-0.4, -0.2) is 11.1 Å². The van der Waals surface area contributed by atoms with Gasteiger partial charge in [-0.15, -0.1) is 0 Å². The molecule has 1 aliphatic rings. The number of nitrogens with zero attached hydrogens (tertiary/aromatic N) is 1. The first kappa shape index (κ1) is 7.40. The molecule has 3 nitrogen and oxygen atoms in total. The summed E-state index contributed by atoms with van der Waals surface area (Å²) in [6.07, 6.45) is 4.50. The normalized spacial score (nSPS) is 16.1. The Morgan fingerprint density at radius 3 is 3.00 bits per heavy atom. The van der Waals surface area contributed by atoms with Crippen LogP contribution < -0.4 is 10.5 Å². The molecule has 12 heavy (non-hydrogen) atoms. The molecule has 2 N–H and O–H groups in total. The fourth-order valence-corrected chi connectivity index (χ4v) is 1.01. The third-order valence-electron chi connectivity index (χ3n) is 1.89. The summed E-state index contributed by atoms with van der Waals surface area (Å²) in [5.74, 6) is 1.40. The molecular formula is C9H12N2O. The van der Waals surface area contributed by atoms with E-state index in [1.54, 1.807) is 12.3 Å². The van der Waals surface area contributed by atoms with Crippen molar-refractivity contribution in [2.45, 2.75) is 25.9 Å². The van der Waals surface area contributed by atoms with E-state index in [1.165, 1.54) is 12.8 Å². The Bertz CT molecular complexity index is 295. The van der Waals surface area contributed by atoms with E-state index in [9.17, 15) is 0 Å². The zero-order chi connectivity index (χ0) is 8.55. The van der Waals surface area contributed by atoms with Gasteiger partial charge in [0.25, 0.3) is 0 Å². The lowest BCUT2D eigenvalue weighted by molar-refractivity contribution is 0.301. The minimum absolute atomic E-state index is 0.422. The predicted octanol–water partition coefficient (Wildman–Crippen LogP) is 1.51. The second-order valence-electron chi connectivity index (χ2n) is 3.19. The lowest BCUT2D eigenvalue weighted by Crippen LogP contribution is -2.00. The van der Waals surface area contributed by atoms with Crippen LogP contribution in [-0.2, 0) is 0 Å². The third-order valence-corrected chi connectivity index (χ3v) is 1.89. The Morgan fingerprint density at radius 2 is 2.33 bits per heavy atom. The summed E-state index contributed by atoms with van der Waals surface area (Å²) in [5.41, 5.74) is 6.58. The van der Waals surface area contributed by atoms with Gasteiger partial charge in [0, 0.05) is 17.8 Å². The van der Waals surface area contributed by atoms with E-state index in [0.29, 0.717) is 11.9 Å². The van der Waals surface area contributed by atoms with Crippen LogP contribution in [0.15, 0.2) is 12.3 Å². The Labute approximate surface area is 71.6 Å². The number of rotatable bonds is 2. The van der Waals surface area contributed by atoms with E-state index in [4.69, 9.17) is 10.5 Å². The molecule has 0 saturated heterocycles. The Morgan fingerprint density at radius 1 is 1.58 bits per heavy atom. The van der Waals surface area contributed by atoms with E-state index in [1.807, 2.05) is 6.92 Å². The van der Waals surface area contributed by atoms with Crippen molar-refractivity contribution in [3.05, 3.63) is 17.8 Å². The summed E-state index contributed by atoms with van der Waals surface area (Å²) in [6, 6.07) is 1.79. The van der Waals surface area contributed by atoms with Gasteiger partial charge >= 0.3 is 0 Å². The molecule has 3 heteroatoms. The topological polar surface area (TPSA) is 48.1 Å². The molecule has 0 radical (unpaired) electrons. The van der Waals surface area contributed by atoms with Gasteiger partial charge in [-0.2, -0.15) is 0 Å². The number of aromatic nitrogens is 1. The molecule has 1 heterocycles. The minimum Gasteiger partial charge on any atom is -0.490 e. The quantitative estimate of drug-likeness (QED) is 0.720. The fraction of sp³-hybridized carbons (Fsp3) is 0.444. The zero-order valence-electron chi connectivity index (χ0n) is 7.08. The maximum atomic E-state index is 5.62. The average Bonchev–Trinajstić information content (AvgIpc) is 2.81. The highest BCUT2D eigenvalue weighted by Gasteiger charge is 2.24. The van der Waals surface area contributed by atoms with Crippen LogP contribution in [0.4, 0.5) is 5.82 Å². The molecule has 0 atom stereocenters. The number of aryl methyl sites for hydroxylation is 1. The van der Waals surface area contributed by atoms with Gasteiger partial charge < -0.3 is 10.5 Å². The van der Waals surface area contributed by atoms with E-state index < -0.39 is 0 Å². The number of anilines is 1. The predicted molar refractivity (Wildman–Crippen MR) is 47.0 cm³/mol. The number of nitrogen functional groups attached to an aromatic ring is 1. The van der Waals surface area contributed by atoms with Crippen molar-refractivity contribution in [1.29, 1.82) is 0 Å². The second kappa shape index (κ2) is 2.66. The average molecular weight is 164 g/mol. The van der Waals surface area contributed by atoms with Gasteiger partial charge in [-0.1, -0.05) is 0 Å². The summed E-state index contributed by atoms with van der Waals surface area (Å²) in [7, 11) is 0. The second-order valence-corrected chi connectivity index (χ2v) is 3.19. The molecule has 0 amide bonds. The first-order chi connectivity index (χ1) is 5.75. The van der Waals surface area contributed by atoms with Crippen molar-refractivity contribution in [3.8, 4) is 5.75 Å². The molecule has 1 saturated carbocycles. The van der Waals surface area contributed by atoms with Crippen LogP contribution in [0.3, 0.4) is 0 Å². The van der Waals surface area contributed by atoms with Gasteiger partial charge in [-0.25, -0.2) is 4.98 Å². The minimum atomic E-state index is 0.422. The molecule has 1 aromatic heterocycles. The van der Waals surface area contributed by atoms with Gasteiger partial charge in [0.1, 0.15) is 11.6 Å².